The molecule has 0 radical (unpaired) electrons. The predicted octanol–water partition coefficient (Wildman–Crippen LogP) is 0.967. The van der Waals surface area contributed by atoms with Gasteiger partial charge in [-0.3, -0.25) is 4.79 Å². The summed E-state index contributed by atoms with van der Waals surface area (Å²) in [5, 5.41) is 2.57. The molecule has 1 amide bonds. The molecule has 6 nitrogen and oxygen atoms in total. The SMILES string of the molecule is CCCCNC(=O)CS(=O)(=O)c1cc(OC)ccc1N. The van der Waals surface area contributed by atoms with E-state index >= 15 is 0 Å². The molecule has 1 aromatic rings. The van der Waals surface area contributed by atoms with Crippen molar-refractivity contribution >= 4 is 21.4 Å². The summed E-state index contributed by atoms with van der Waals surface area (Å²) in [6, 6.07) is 4.33. The molecular formula is C13H20N2O4S. The van der Waals surface area contributed by atoms with Crippen LogP contribution < -0.4 is 15.8 Å². The summed E-state index contributed by atoms with van der Waals surface area (Å²) in [6.07, 6.45) is 1.74. The van der Waals surface area contributed by atoms with E-state index in [1.807, 2.05) is 6.92 Å². The number of hydrogen-bond acceptors (Lipinski definition) is 5. The van der Waals surface area contributed by atoms with E-state index in [2.05, 4.69) is 5.32 Å². The molecule has 0 bridgehead atoms. The Morgan fingerprint density at radius 1 is 1.40 bits per heavy atom. The van der Waals surface area contributed by atoms with Gasteiger partial charge in [-0.1, -0.05) is 13.3 Å². The van der Waals surface area contributed by atoms with Crippen molar-refractivity contribution in [1.82, 2.24) is 5.32 Å². The van der Waals surface area contributed by atoms with Crippen LogP contribution >= 0.6 is 0 Å². The molecule has 3 N–H and O–H groups in total. The first-order valence-electron chi connectivity index (χ1n) is 6.33. The van der Waals surface area contributed by atoms with Gasteiger partial charge < -0.3 is 15.8 Å². The van der Waals surface area contributed by atoms with Gasteiger partial charge in [0.2, 0.25) is 5.91 Å². The zero-order chi connectivity index (χ0) is 15.2. The quantitative estimate of drug-likeness (QED) is 0.577. The van der Waals surface area contributed by atoms with Gasteiger partial charge in [0.25, 0.3) is 0 Å². The third-order valence-electron chi connectivity index (χ3n) is 2.73. The highest BCUT2D eigenvalue weighted by Gasteiger charge is 2.22. The lowest BCUT2D eigenvalue weighted by atomic mass is 10.3. The van der Waals surface area contributed by atoms with Crippen molar-refractivity contribution in [2.75, 3.05) is 25.1 Å². The highest BCUT2D eigenvalue weighted by Crippen LogP contribution is 2.24. The second-order valence-electron chi connectivity index (χ2n) is 4.37. The van der Waals surface area contributed by atoms with Crippen LogP contribution in [0.5, 0.6) is 5.75 Å². The molecule has 0 saturated carbocycles. The molecule has 112 valence electrons. The molecule has 1 aromatic carbocycles. The Balaban J connectivity index is 2.86. The zero-order valence-electron chi connectivity index (χ0n) is 11.7. The monoisotopic (exact) mass is 300 g/mol. The number of unbranched alkanes of at least 4 members (excludes halogenated alkanes) is 1. The number of hydrogen-bond donors (Lipinski definition) is 2. The first-order chi connectivity index (χ1) is 9.40. The number of carbonyl (C=O) groups is 1. The molecule has 0 saturated heterocycles. The summed E-state index contributed by atoms with van der Waals surface area (Å²) in [6.45, 7) is 2.46. The highest BCUT2D eigenvalue weighted by atomic mass is 32.2. The maximum atomic E-state index is 12.2. The van der Waals surface area contributed by atoms with E-state index in [0.717, 1.165) is 12.8 Å². The van der Waals surface area contributed by atoms with Crippen molar-refractivity contribution < 1.29 is 17.9 Å². The van der Waals surface area contributed by atoms with Crippen molar-refractivity contribution in [3.8, 4) is 5.75 Å². The number of nitrogens with one attached hydrogen (secondary N) is 1. The minimum atomic E-state index is -3.78. The molecule has 7 heteroatoms. The van der Waals surface area contributed by atoms with Crippen molar-refractivity contribution in [2.45, 2.75) is 24.7 Å². The molecule has 0 unspecified atom stereocenters. The Morgan fingerprint density at radius 3 is 2.70 bits per heavy atom. The number of methoxy groups -OCH3 is 1. The molecule has 0 spiro atoms. The van der Waals surface area contributed by atoms with Crippen LogP contribution in [0.25, 0.3) is 0 Å². The fourth-order valence-electron chi connectivity index (χ4n) is 1.62. The van der Waals surface area contributed by atoms with Gasteiger partial charge in [-0.15, -0.1) is 0 Å². The molecule has 1 rings (SSSR count). The number of nitrogens with two attached hydrogens (primary N) is 1. The fourth-order valence-corrected chi connectivity index (χ4v) is 2.94. The van der Waals surface area contributed by atoms with Gasteiger partial charge in [-0.05, 0) is 18.6 Å². The first kappa shape index (κ1) is 16.3. The largest absolute Gasteiger partial charge is 0.497 e. The normalized spacial score (nSPS) is 11.1. The van der Waals surface area contributed by atoms with Gasteiger partial charge in [0, 0.05) is 12.6 Å². The fraction of sp³-hybridized carbons (Fsp3) is 0.462. The molecule has 0 heterocycles. The maximum Gasteiger partial charge on any atom is 0.235 e. The van der Waals surface area contributed by atoms with Gasteiger partial charge in [0.1, 0.15) is 11.5 Å². The second kappa shape index (κ2) is 7.14. The van der Waals surface area contributed by atoms with Crippen LogP contribution in [-0.4, -0.2) is 33.7 Å². The molecule has 0 atom stereocenters. The lowest BCUT2D eigenvalue weighted by Gasteiger charge is -2.09. The Kier molecular flexibility index (Phi) is 5.82. The molecule has 0 fully saturated rings. The number of benzene rings is 1. The number of anilines is 1. The standard InChI is InChI=1S/C13H20N2O4S/c1-3-4-7-15-13(16)9-20(17,18)12-8-10(19-2)5-6-11(12)14/h5-6,8H,3-4,7,9,14H2,1-2H3,(H,15,16). The Labute approximate surface area is 119 Å². The van der Waals surface area contributed by atoms with Crippen LogP contribution in [-0.2, 0) is 14.6 Å². The highest BCUT2D eigenvalue weighted by molar-refractivity contribution is 7.92. The molecule has 0 aliphatic rings. The predicted molar refractivity (Wildman–Crippen MR) is 77.4 cm³/mol. The topological polar surface area (TPSA) is 98.5 Å². The van der Waals surface area contributed by atoms with E-state index in [1.54, 1.807) is 6.07 Å². The number of nitrogen functional groups attached to an aromatic ring is 1. The van der Waals surface area contributed by atoms with Gasteiger partial charge in [-0.2, -0.15) is 0 Å². The summed E-state index contributed by atoms with van der Waals surface area (Å²) >= 11 is 0. The third kappa shape index (κ3) is 4.41. The van der Waals surface area contributed by atoms with E-state index in [9.17, 15) is 13.2 Å². The van der Waals surface area contributed by atoms with E-state index in [0.29, 0.717) is 12.3 Å². The van der Waals surface area contributed by atoms with Crippen molar-refractivity contribution in [1.29, 1.82) is 0 Å². The van der Waals surface area contributed by atoms with Crippen molar-refractivity contribution in [3.63, 3.8) is 0 Å². The van der Waals surface area contributed by atoms with Crippen LogP contribution in [0.2, 0.25) is 0 Å². The number of ether oxygens (including phenoxy) is 1. The van der Waals surface area contributed by atoms with Crippen LogP contribution in [0.4, 0.5) is 5.69 Å². The van der Waals surface area contributed by atoms with Crippen molar-refractivity contribution in [3.05, 3.63) is 18.2 Å². The van der Waals surface area contributed by atoms with E-state index in [4.69, 9.17) is 10.5 Å². The average molecular weight is 300 g/mol. The molecule has 0 aromatic heterocycles. The number of amides is 1. The second-order valence-corrected chi connectivity index (χ2v) is 6.32. The smallest absolute Gasteiger partial charge is 0.235 e. The summed E-state index contributed by atoms with van der Waals surface area (Å²) < 4.78 is 29.3. The van der Waals surface area contributed by atoms with E-state index in [-0.39, 0.29) is 10.6 Å². The average Bonchev–Trinajstić information content (AvgIpc) is 2.38. The molecule has 0 aliphatic carbocycles. The summed E-state index contributed by atoms with van der Waals surface area (Å²) in [5.74, 6) is -0.765. The first-order valence-corrected chi connectivity index (χ1v) is 7.99. The lowest BCUT2D eigenvalue weighted by Crippen LogP contribution is -2.31. The molecular weight excluding hydrogens is 280 g/mol. The lowest BCUT2D eigenvalue weighted by molar-refractivity contribution is -0.118. The zero-order valence-corrected chi connectivity index (χ0v) is 12.5. The van der Waals surface area contributed by atoms with E-state index in [1.165, 1.54) is 19.2 Å². The summed E-state index contributed by atoms with van der Waals surface area (Å²) in [7, 11) is -2.35. The minimum Gasteiger partial charge on any atom is -0.497 e. The number of carbonyl (C=O) groups excluding carboxylic acids is 1. The number of rotatable bonds is 7. The summed E-state index contributed by atoms with van der Waals surface area (Å²) in [5.41, 5.74) is 5.77. The maximum absolute atomic E-state index is 12.2. The third-order valence-corrected chi connectivity index (χ3v) is 4.40. The van der Waals surface area contributed by atoms with Crippen LogP contribution in [0, 0.1) is 0 Å². The molecule has 20 heavy (non-hydrogen) atoms. The minimum absolute atomic E-state index is 0.0810. The van der Waals surface area contributed by atoms with Crippen molar-refractivity contribution in [2.24, 2.45) is 0 Å². The molecule has 0 aliphatic heterocycles. The van der Waals surface area contributed by atoms with Gasteiger partial charge in [0.15, 0.2) is 9.84 Å². The van der Waals surface area contributed by atoms with E-state index < -0.39 is 21.5 Å². The summed E-state index contributed by atoms with van der Waals surface area (Å²) in [4.78, 5) is 11.5. The van der Waals surface area contributed by atoms with Gasteiger partial charge in [0.05, 0.1) is 17.7 Å². The van der Waals surface area contributed by atoms with Gasteiger partial charge >= 0.3 is 0 Å². The van der Waals surface area contributed by atoms with Gasteiger partial charge in [-0.25, -0.2) is 8.42 Å². The van der Waals surface area contributed by atoms with Crippen LogP contribution in [0.3, 0.4) is 0 Å². The Morgan fingerprint density at radius 2 is 2.10 bits per heavy atom. The Bertz CT molecular complexity index is 570. The van der Waals surface area contributed by atoms with Crippen LogP contribution in [0.1, 0.15) is 19.8 Å². The number of sulfone groups is 1. The van der Waals surface area contributed by atoms with Crippen LogP contribution in [0.15, 0.2) is 23.1 Å². The Hall–Kier alpha value is -1.76.